The van der Waals surface area contributed by atoms with Crippen LogP contribution in [0.5, 0.6) is 0 Å². The molecule has 1 atom stereocenters. The van der Waals surface area contributed by atoms with Gasteiger partial charge in [-0.2, -0.15) is 0 Å². The van der Waals surface area contributed by atoms with Crippen LogP contribution in [0.4, 0.5) is 5.69 Å². The molecule has 1 aromatic carbocycles. The largest absolute Gasteiger partial charge is 0.383 e. The number of benzene rings is 1. The molecule has 1 saturated carbocycles. The van der Waals surface area contributed by atoms with Crippen molar-refractivity contribution in [3.05, 3.63) is 30.3 Å². The highest BCUT2D eigenvalue weighted by Gasteiger charge is 2.27. The molecule has 2 fully saturated rings. The summed E-state index contributed by atoms with van der Waals surface area (Å²) in [6, 6.07) is 11.1. The van der Waals surface area contributed by atoms with Gasteiger partial charge in [-0.3, -0.25) is 4.90 Å². The Labute approximate surface area is 123 Å². The molecule has 3 rings (SSSR count). The molecule has 0 spiro atoms. The summed E-state index contributed by atoms with van der Waals surface area (Å²) in [6.45, 7) is 9.69. The quantitative estimate of drug-likeness (QED) is 0.859. The summed E-state index contributed by atoms with van der Waals surface area (Å²) < 4.78 is 0. The van der Waals surface area contributed by atoms with E-state index in [0.29, 0.717) is 6.04 Å². The number of rotatable bonds is 6. The zero-order valence-corrected chi connectivity index (χ0v) is 12.6. The van der Waals surface area contributed by atoms with Crippen molar-refractivity contribution in [2.24, 2.45) is 5.92 Å². The van der Waals surface area contributed by atoms with Gasteiger partial charge in [0.05, 0.1) is 0 Å². The molecule has 0 amide bonds. The van der Waals surface area contributed by atoms with Crippen molar-refractivity contribution >= 4 is 5.69 Å². The second-order valence-corrected chi connectivity index (χ2v) is 6.38. The van der Waals surface area contributed by atoms with Crippen molar-refractivity contribution < 1.29 is 0 Å². The van der Waals surface area contributed by atoms with Gasteiger partial charge in [0.25, 0.3) is 0 Å². The topological polar surface area (TPSA) is 18.5 Å². The molecule has 1 heterocycles. The highest BCUT2D eigenvalue weighted by atomic mass is 15.3. The molecule has 3 heteroatoms. The van der Waals surface area contributed by atoms with E-state index in [9.17, 15) is 0 Å². The monoisotopic (exact) mass is 273 g/mol. The van der Waals surface area contributed by atoms with Gasteiger partial charge < -0.3 is 10.2 Å². The van der Waals surface area contributed by atoms with Crippen LogP contribution in [0, 0.1) is 5.92 Å². The zero-order chi connectivity index (χ0) is 13.8. The van der Waals surface area contributed by atoms with E-state index in [1.807, 2.05) is 0 Å². The number of nitrogens with one attached hydrogen (secondary N) is 1. The van der Waals surface area contributed by atoms with Crippen LogP contribution in [0.3, 0.4) is 0 Å². The van der Waals surface area contributed by atoms with Crippen molar-refractivity contribution in [2.45, 2.75) is 25.8 Å². The Kier molecular flexibility index (Phi) is 4.58. The molecule has 1 aromatic rings. The molecule has 1 aliphatic heterocycles. The van der Waals surface area contributed by atoms with Gasteiger partial charge in [0.2, 0.25) is 0 Å². The van der Waals surface area contributed by atoms with Gasteiger partial charge in [-0.05, 0) is 37.8 Å². The van der Waals surface area contributed by atoms with Crippen LogP contribution in [-0.2, 0) is 0 Å². The molecule has 3 nitrogen and oxygen atoms in total. The summed E-state index contributed by atoms with van der Waals surface area (Å²) >= 11 is 0. The van der Waals surface area contributed by atoms with Gasteiger partial charge >= 0.3 is 0 Å². The third-order valence-corrected chi connectivity index (χ3v) is 4.62. The minimum absolute atomic E-state index is 0.610. The van der Waals surface area contributed by atoms with Crippen molar-refractivity contribution in [2.75, 3.05) is 44.6 Å². The van der Waals surface area contributed by atoms with E-state index < -0.39 is 0 Å². The molecule has 20 heavy (non-hydrogen) atoms. The van der Waals surface area contributed by atoms with Gasteiger partial charge in [0, 0.05) is 51.0 Å². The van der Waals surface area contributed by atoms with Crippen LogP contribution in [0.1, 0.15) is 19.8 Å². The molecule has 0 aromatic heterocycles. The molecule has 0 radical (unpaired) electrons. The van der Waals surface area contributed by atoms with E-state index in [2.05, 4.69) is 52.4 Å². The Morgan fingerprint density at radius 3 is 2.45 bits per heavy atom. The van der Waals surface area contributed by atoms with Gasteiger partial charge in [-0.15, -0.1) is 0 Å². The normalized spacial score (nSPS) is 22.6. The zero-order valence-electron chi connectivity index (χ0n) is 12.6. The second kappa shape index (κ2) is 6.59. The fraction of sp³-hybridized carbons (Fsp3) is 0.647. The molecule has 1 saturated heterocycles. The lowest BCUT2D eigenvalue weighted by atomic mass is 10.2. The summed E-state index contributed by atoms with van der Waals surface area (Å²) in [4.78, 5) is 5.28. The average molecular weight is 273 g/mol. The third-order valence-electron chi connectivity index (χ3n) is 4.62. The standard InChI is InChI=1S/C17H27N3/c1-15(13-18-17-5-3-2-4-6-17)20-11-9-19(10-12-20)14-16-7-8-16/h2-6,15-16,18H,7-14H2,1H3. The fourth-order valence-electron chi connectivity index (χ4n) is 3.00. The van der Waals surface area contributed by atoms with E-state index in [4.69, 9.17) is 0 Å². The average Bonchev–Trinajstić information content (AvgIpc) is 3.31. The fourth-order valence-corrected chi connectivity index (χ4v) is 3.00. The Hall–Kier alpha value is -1.06. The van der Waals surface area contributed by atoms with Crippen molar-refractivity contribution in [3.8, 4) is 0 Å². The highest BCUT2D eigenvalue weighted by Crippen LogP contribution is 2.30. The molecular formula is C17H27N3. The van der Waals surface area contributed by atoms with E-state index in [0.717, 1.165) is 12.5 Å². The van der Waals surface area contributed by atoms with Gasteiger partial charge in [-0.1, -0.05) is 18.2 Å². The first-order valence-electron chi connectivity index (χ1n) is 8.06. The summed E-state index contributed by atoms with van der Waals surface area (Å²) in [5.74, 6) is 1.03. The number of para-hydroxylation sites is 1. The summed E-state index contributed by atoms with van der Waals surface area (Å²) in [6.07, 6.45) is 2.94. The SMILES string of the molecule is CC(CNc1ccccc1)N1CCN(CC2CC2)CC1. The molecule has 1 aliphatic carbocycles. The van der Waals surface area contributed by atoms with Crippen LogP contribution in [0.25, 0.3) is 0 Å². The third kappa shape index (κ3) is 3.97. The predicted molar refractivity (Wildman–Crippen MR) is 85.1 cm³/mol. The molecule has 0 bridgehead atoms. The first-order valence-corrected chi connectivity index (χ1v) is 8.06. The van der Waals surface area contributed by atoms with Crippen LogP contribution in [-0.4, -0.2) is 55.1 Å². The summed E-state index contributed by atoms with van der Waals surface area (Å²) in [7, 11) is 0. The number of hydrogen-bond donors (Lipinski definition) is 1. The maximum atomic E-state index is 3.54. The minimum atomic E-state index is 0.610. The van der Waals surface area contributed by atoms with Crippen molar-refractivity contribution in [1.82, 2.24) is 9.80 Å². The lowest BCUT2D eigenvalue weighted by Crippen LogP contribution is -2.51. The van der Waals surface area contributed by atoms with Crippen LogP contribution in [0.2, 0.25) is 0 Å². The van der Waals surface area contributed by atoms with Crippen molar-refractivity contribution in [1.29, 1.82) is 0 Å². The highest BCUT2D eigenvalue weighted by molar-refractivity contribution is 5.42. The smallest absolute Gasteiger partial charge is 0.0340 e. The van der Waals surface area contributed by atoms with Crippen LogP contribution in [0.15, 0.2) is 30.3 Å². The van der Waals surface area contributed by atoms with E-state index in [1.54, 1.807) is 0 Å². The van der Waals surface area contributed by atoms with Gasteiger partial charge in [0.1, 0.15) is 0 Å². The molecule has 2 aliphatic rings. The summed E-state index contributed by atoms with van der Waals surface area (Å²) in [5, 5.41) is 3.54. The lowest BCUT2D eigenvalue weighted by molar-refractivity contribution is 0.103. The molecular weight excluding hydrogens is 246 g/mol. The maximum absolute atomic E-state index is 3.54. The molecule has 1 unspecified atom stereocenters. The van der Waals surface area contributed by atoms with E-state index in [1.165, 1.54) is 51.3 Å². The Balaban J connectivity index is 1.38. The van der Waals surface area contributed by atoms with E-state index in [-0.39, 0.29) is 0 Å². The Morgan fingerprint density at radius 1 is 1.10 bits per heavy atom. The first-order chi connectivity index (χ1) is 9.81. The van der Waals surface area contributed by atoms with Gasteiger partial charge in [0.15, 0.2) is 0 Å². The number of anilines is 1. The number of piperazine rings is 1. The van der Waals surface area contributed by atoms with Crippen LogP contribution < -0.4 is 5.32 Å². The van der Waals surface area contributed by atoms with Crippen LogP contribution >= 0.6 is 0 Å². The first kappa shape index (κ1) is 13.9. The molecule has 110 valence electrons. The maximum Gasteiger partial charge on any atom is 0.0340 e. The van der Waals surface area contributed by atoms with Gasteiger partial charge in [-0.25, -0.2) is 0 Å². The number of hydrogen-bond acceptors (Lipinski definition) is 3. The minimum Gasteiger partial charge on any atom is -0.383 e. The second-order valence-electron chi connectivity index (χ2n) is 6.38. The molecule has 1 N–H and O–H groups in total. The number of nitrogens with zero attached hydrogens (tertiary/aromatic N) is 2. The summed E-state index contributed by atoms with van der Waals surface area (Å²) in [5.41, 5.74) is 1.23. The lowest BCUT2D eigenvalue weighted by Gasteiger charge is -2.38. The van der Waals surface area contributed by atoms with E-state index >= 15 is 0 Å². The Bertz CT molecular complexity index is 394. The Morgan fingerprint density at radius 2 is 1.80 bits per heavy atom. The predicted octanol–water partition coefficient (Wildman–Crippen LogP) is 2.51. The van der Waals surface area contributed by atoms with Crippen molar-refractivity contribution in [3.63, 3.8) is 0 Å².